The summed E-state index contributed by atoms with van der Waals surface area (Å²) in [6.07, 6.45) is 6.96. The van der Waals surface area contributed by atoms with Crippen LogP contribution in [0.3, 0.4) is 0 Å². The second kappa shape index (κ2) is 3.34. The van der Waals surface area contributed by atoms with E-state index in [1.54, 1.807) is 25.0 Å². The SMILES string of the molecule is Cc1cncn1C(=S)n1cncc1C. The first kappa shape index (κ1) is 9.08. The van der Waals surface area contributed by atoms with Crippen LogP contribution in [0.4, 0.5) is 0 Å². The fraction of sp³-hybridized carbons (Fsp3) is 0.222. The van der Waals surface area contributed by atoms with Crippen molar-refractivity contribution < 1.29 is 0 Å². The van der Waals surface area contributed by atoms with Crippen molar-refractivity contribution in [2.75, 3.05) is 0 Å². The van der Waals surface area contributed by atoms with Gasteiger partial charge in [-0.15, -0.1) is 0 Å². The van der Waals surface area contributed by atoms with Crippen molar-refractivity contribution in [3.05, 3.63) is 36.4 Å². The average Bonchev–Trinajstić information content (AvgIpc) is 2.73. The summed E-state index contributed by atoms with van der Waals surface area (Å²) in [5.41, 5.74) is 2.03. The first-order valence-electron chi connectivity index (χ1n) is 4.23. The van der Waals surface area contributed by atoms with Crippen molar-refractivity contribution in [1.29, 1.82) is 0 Å². The zero-order valence-electron chi connectivity index (χ0n) is 8.01. The van der Waals surface area contributed by atoms with Gasteiger partial charge in [-0.25, -0.2) is 9.97 Å². The summed E-state index contributed by atoms with van der Waals surface area (Å²) in [6.45, 7) is 3.93. The van der Waals surface area contributed by atoms with Crippen LogP contribution in [0.5, 0.6) is 0 Å². The van der Waals surface area contributed by atoms with E-state index in [2.05, 4.69) is 9.97 Å². The maximum Gasteiger partial charge on any atom is 0.191 e. The molecule has 4 nitrogen and oxygen atoms in total. The summed E-state index contributed by atoms with van der Waals surface area (Å²) in [7, 11) is 0. The van der Waals surface area contributed by atoms with Gasteiger partial charge in [-0.3, -0.25) is 9.13 Å². The van der Waals surface area contributed by atoms with E-state index < -0.39 is 0 Å². The van der Waals surface area contributed by atoms with Gasteiger partial charge >= 0.3 is 0 Å². The molecular formula is C9H10N4S. The van der Waals surface area contributed by atoms with E-state index in [4.69, 9.17) is 12.2 Å². The molecule has 0 bridgehead atoms. The molecule has 0 saturated carbocycles. The number of hydrogen-bond acceptors (Lipinski definition) is 3. The molecule has 0 aromatic carbocycles. The number of rotatable bonds is 0. The molecule has 0 fully saturated rings. The lowest BCUT2D eigenvalue weighted by Gasteiger charge is -2.08. The number of imidazole rings is 2. The number of aromatic nitrogens is 4. The van der Waals surface area contributed by atoms with Crippen LogP contribution < -0.4 is 0 Å². The quantitative estimate of drug-likeness (QED) is 0.611. The fourth-order valence-electron chi connectivity index (χ4n) is 1.24. The molecule has 2 aromatic rings. The molecular weight excluding hydrogens is 196 g/mol. The fourth-order valence-corrected chi connectivity index (χ4v) is 1.62. The minimum absolute atomic E-state index is 0.676. The van der Waals surface area contributed by atoms with Gasteiger partial charge in [-0.05, 0) is 26.1 Å². The predicted octanol–water partition coefficient (Wildman–Crippen LogP) is 1.38. The van der Waals surface area contributed by atoms with Crippen LogP contribution in [-0.4, -0.2) is 24.2 Å². The molecule has 2 heterocycles. The first-order chi connectivity index (χ1) is 6.70. The van der Waals surface area contributed by atoms with Crippen molar-refractivity contribution in [3.8, 4) is 0 Å². The third kappa shape index (κ3) is 1.35. The highest BCUT2D eigenvalue weighted by Gasteiger charge is 2.06. The van der Waals surface area contributed by atoms with Crippen LogP contribution in [0, 0.1) is 13.8 Å². The summed E-state index contributed by atoms with van der Waals surface area (Å²) < 4.78 is 3.70. The van der Waals surface area contributed by atoms with Gasteiger partial charge in [0, 0.05) is 23.8 Å². The monoisotopic (exact) mass is 206 g/mol. The molecule has 0 N–H and O–H groups in total. The lowest BCUT2D eigenvalue weighted by atomic mass is 10.5. The van der Waals surface area contributed by atoms with E-state index >= 15 is 0 Å². The number of hydrogen-bond donors (Lipinski definition) is 0. The molecule has 0 aliphatic heterocycles. The minimum atomic E-state index is 0.676. The Labute approximate surface area is 87.2 Å². The third-order valence-electron chi connectivity index (χ3n) is 2.06. The van der Waals surface area contributed by atoms with Gasteiger partial charge in [0.15, 0.2) is 5.11 Å². The Hall–Kier alpha value is -1.49. The Bertz CT molecular complexity index is 426. The molecule has 0 aliphatic rings. The van der Waals surface area contributed by atoms with Crippen molar-refractivity contribution in [1.82, 2.24) is 19.1 Å². The Morgan fingerprint density at radius 2 is 1.50 bits per heavy atom. The lowest BCUT2D eigenvalue weighted by Crippen LogP contribution is -2.19. The Kier molecular flexibility index (Phi) is 2.17. The normalized spacial score (nSPS) is 10.4. The first-order valence-corrected chi connectivity index (χ1v) is 4.63. The zero-order chi connectivity index (χ0) is 10.1. The minimum Gasteiger partial charge on any atom is -0.279 e. The van der Waals surface area contributed by atoms with E-state index in [9.17, 15) is 0 Å². The van der Waals surface area contributed by atoms with Gasteiger partial charge in [-0.2, -0.15) is 0 Å². The van der Waals surface area contributed by atoms with E-state index in [-0.39, 0.29) is 0 Å². The third-order valence-corrected chi connectivity index (χ3v) is 2.45. The van der Waals surface area contributed by atoms with Crippen LogP contribution in [0.2, 0.25) is 0 Å². The molecule has 2 rings (SSSR count). The van der Waals surface area contributed by atoms with Crippen molar-refractivity contribution in [2.24, 2.45) is 0 Å². The van der Waals surface area contributed by atoms with Gasteiger partial charge in [-0.1, -0.05) is 0 Å². The smallest absolute Gasteiger partial charge is 0.191 e. The zero-order valence-corrected chi connectivity index (χ0v) is 8.82. The Morgan fingerprint density at radius 3 is 1.79 bits per heavy atom. The standard InChI is InChI=1S/C9H10N4S/c1-7-3-10-5-12(7)9(14)13-6-11-4-8(13)2/h3-6H,1-2H3. The predicted molar refractivity (Wildman–Crippen MR) is 57.3 cm³/mol. The van der Waals surface area contributed by atoms with Gasteiger partial charge in [0.2, 0.25) is 0 Å². The molecule has 0 spiro atoms. The molecule has 5 heteroatoms. The van der Waals surface area contributed by atoms with Crippen molar-refractivity contribution >= 4 is 17.3 Å². The Balaban J connectivity index is 2.44. The number of aryl methyl sites for hydroxylation is 2. The van der Waals surface area contributed by atoms with Crippen LogP contribution in [0.15, 0.2) is 25.0 Å². The highest BCUT2D eigenvalue weighted by Crippen LogP contribution is 2.03. The van der Waals surface area contributed by atoms with Gasteiger partial charge in [0.05, 0.1) is 0 Å². The van der Waals surface area contributed by atoms with Crippen LogP contribution in [0.1, 0.15) is 11.4 Å². The topological polar surface area (TPSA) is 35.6 Å². The second-order valence-corrected chi connectivity index (χ2v) is 3.46. The molecule has 0 unspecified atom stereocenters. The molecule has 0 amide bonds. The Morgan fingerprint density at radius 1 is 1.07 bits per heavy atom. The van der Waals surface area contributed by atoms with Crippen LogP contribution in [-0.2, 0) is 0 Å². The van der Waals surface area contributed by atoms with Gasteiger partial charge < -0.3 is 0 Å². The molecule has 14 heavy (non-hydrogen) atoms. The number of nitrogens with zero attached hydrogens (tertiary/aromatic N) is 4. The molecule has 0 atom stereocenters. The largest absolute Gasteiger partial charge is 0.279 e. The summed E-state index contributed by atoms with van der Waals surface area (Å²) in [5.74, 6) is 0. The summed E-state index contributed by atoms with van der Waals surface area (Å²) in [6, 6.07) is 0. The molecule has 0 saturated heterocycles. The molecule has 0 radical (unpaired) electrons. The van der Waals surface area contributed by atoms with E-state index in [1.807, 2.05) is 23.0 Å². The maximum absolute atomic E-state index is 5.32. The molecule has 0 aliphatic carbocycles. The van der Waals surface area contributed by atoms with Crippen molar-refractivity contribution in [3.63, 3.8) is 0 Å². The number of thiocarbonyl (C=S) groups is 1. The van der Waals surface area contributed by atoms with Crippen LogP contribution >= 0.6 is 12.2 Å². The highest BCUT2D eigenvalue weighted by molar-refractivity contribution is 7.80. The summed E-state index contributed by atoms with van der Waals surface area (Å²) in [4.78, 5) is 8.05. The van der Waals surface area contributed by atoms with E-state index in [0.29, 0.717) is 5.11 Å². The molecule has 2 aromatic heterocycles. The lowest BCUT2D eigenvalue weighted by molar-refractivity contribution is 0.970. The summed E-state index contributed by atoms with van der Waals surface area (Å²) in [5, 5.41) is 0.676. The second-order valence-electron chi connectivity index (χ2n) is 3.09. The van der Waals surface area contributed by atoms with Gasteiger partial charge in [0.25, 0.3) is 0 Å². The van der Waals surface area contributed by atoms with Crippen molar-refractivity contribution in [2.45, 2.75) is 13.8 Å². The maximum atomic E-state index is 5.32. The summed E-state index contributed by atoms with van der Waals surface area (Å²) >= 11 is 5.32. The van der Waals surface area contributed by atoms with Gasteiger partial charge in [0.1, 0.15) is 12.7 Å². The van der Waals surface area contributed by atoms with E-state index in [1.165, 1.54) is 0 Å². The molecule has 72 valence electrons. The van der Waals surface area contributed by atoms with Crippen LogP contribution in [0.25, 0.3) is 0 Å². The highest BCUT2D eigenvalue weighted by atomic mass is 32.1. The average molecular weight is 206 g/mol. The van der Waals surface area contributed by atoms with E-state index in [0.717, 1.165) is 11.4 Å².